The van der Waals surface area contributed by atoms with Gasteiger partial charge in [-0.25, -0.2) is 9.38 Å². The number of carbonyl (C=O) groups is 1. The second-order valence-corrected chi connectivity index (χ2v) is 4.70. The zero-order valence-electron chi connectivity index (χ0n) is 11.8. The molecule has 5 heteroatoms. The number of carbonyl (C=O) groups excluding carboxylic acids is 1. The molecule has 0 saturated carbocycles. The average molecular weight is 296 g/mol. The molecule has 0 saturated heterocycles. The van der Waals surface area contributed by atoms with E-state index in [-0.39, 0.29) is 11.6 Å². The first kappa shape index (κ1) is 14.0. The zero-order chi connectivity index (χ0) is 15.5. The molecule has 0 bridgehead atoms. The van der Waals surface area contributed by atoms with Gasteiger partial charge in [-0.3, -0.25) is 4.79 Å². The van der Waals surface area contributed by atoms with Crippen LogP contribution in [0.1, 0.15) is 11.1 Å². The molecule has 3 rings (SSSR count). The van der Waals surface area contributed by atoms with Crippen LogP contribution in [0.15, 0.2) is 59.2 Å². The van der Waals surface area contributed by atoms with Gasteiger partial charge in [-0.15, -0.1) is 0 Å². The molecule has 4 nitrogen and oxygen atoms in total. The van der Waals surface area contributed by atoms with Crippen molar-refractivity contribution in [3.63, 3.8) is 0 Å². The number of benzene rings is 2. The fraction of sp³-hybridized carbons (Fsp3) is 0.0588. The monoisotopic (exact) mass is 296 g/mol. The number of amides is 1. The molecule has 110 valence electrons. The first-order valence-electron chi connectivity index (χ1n) is 6.68. The van der Waals surface area contributed by atoms with E-state index in [1.165, 1.54) is 31.4 Å². The summed E-state index contributed by atoms with van der Waals surface area (Å²) in [5, 5.41) is 2.70. The smallest absolute Gasteiger partial charge is 0.275 e. The van der Waals surface area contributed by atoms with Crippen LogP contribution in [-0.4, -0.2) is 18.9 Å². The molecule has 1 heterocycles. The first-order valence-corrected chi connectivity index (χ1v) is 6.68. The lowest BCUT2D eigenvalue weighted by Crippen LogP contribution is -2.24. The third-order valence-corrected chi connectivity index (χ3v) is 3.23. The highest BCUT2D eigenvalue weighted by molar-refractivity contribution is 6.19. The van der Waals surface area contributed by atoms with Crippen molar-refractivity contribution in [2.45, 2.75) is 0 Å². The number of hydrogen-bond donors (Lipinski definition) is 1. The number of nitrogens with zero attached hydrogens (tertiary/aromatic N) is 1. The number of hydrogen-bond acceptors (Lipinski definition) is 3. The van der Waals surface area contributed by atoms with Gasteiger partial charge in [0, 0.05) is 11.1 Å². The Morgan fingerprint density at radius 1 is 1.18 bits per heavy atom. The molecule has 1 aliphatic heterocycles. The van der Waals surface area contributed by atoms with Gasteiger partial charge >= 0.3 is 0 Å². The van der Waals surface area contributed by atoms with E-state index in [2.05, 4.69) is 10.3 Å². The molecule has 0 aromatic heterocycles. The number of halogens is 1. The van der Waals surface area contributed by atoms with Crippen LogP contribution in [0.3, 0.4) is 0 Å². The summed E-state index contributed by atoms with van der Waals surface area (Å²) in [6, 6.07) is 13.4. The lowest BCUT2D eigenvalue weighted by molar-refractivity contribution is -0.115. The summed E-state index contributed by atoms with van der Waals surface area (Å²) in [6.07, 6.45) is 1.51. The number of nitrogens with one attached hydrogen (secondary N) is 1. The fourth-order valence-electron chi connectivity index (χ4n) is 2.17. The molecule has 0 fully saturated rings. The number of methoxy groups -OCH3 is 1. The normalized spacial score (nSPS) is 15.6. The molecule has 0 atom stereocenters. The van der Waals surface area contributed by atoms with Crippen LogP contribution in [0.4, 0.5) is 4.39 Å². The van der Waals surface area contributed by atoms with E-state index in [9.17, 15) is 9.18 Å². The van der Waals surface area contributed by atoms with Gasteiger partial charge in [0.2, 0.25) is 0 Å². The van der Waals surface area contributed by atoms with Gasteiger partial charge in [-0.1, -0.05) is 30.3 Å². The molecular weight excluding hydrogens is 283 g/mol. The van der Waals surface area contributed by atoms with Crippen molar-refractivity contribution in [1.29, 1.82) is 0 Å². The molecule has 0 spiro atoms. The Balaban J connectivity index is 2.00. The van der Waals surface area contributed by atoms with E-state index in [4.69, 9.17) is 4.74 Å². The predicted molar refractivity (Wildman–Crippen MR) is 82.1 cm³/mol. The van der Waals surface area contributed by atoms with Gasteiger partial charge in [0.25, 0.3) is 5.91 Å². The Hall–Kier alpha value is -2.95. The average Bonchev–Trinajstić information content (AvgIpc) is 2.90. The lowest BCUT2D eigenvalue weighted by Gasteiger charge is -2.04. The maximum atomic E-state index is 13.4. The summed E-state index contributed by atoms with van der Waals surface area (Å²) in [6.45, 7) is 0. The Morgan fingerprint density at radius 3 is 2.68 bits per heavy atom. The molecule has 22 heavy (non-hydrogen) atoms. The summed E-state index contributed by atoms with van der Waals surface area (Å²) >= 11 is 0. The van der Waals surface area contributed by atoms with Crippen molar-refractivity contribution in [1.82, 2.24) is 5.32 Å². The molecule has 0 unspecified atom stereocenters. The Morgan fingerprint density at radius 2 is 1.95 bits per heavy atom. The van der Waals surface area contributed by atoms with E-state index in [0.717, 1.165) is 5.56 Å². The SMILES string of the molecule is COc1ccc(F)cc1/C=C1/N=C(c2ccccc2)NC1=O. The molecule has 0 radical (unpaired) electrons. The Kier molecular flexibility index (Phi) is 3.70. The van der Waals surface area contributed by atoms with Crippen LogP contribution in [0, 0.1) is 5.82 Å². The largest absolute Gasteiger partial charge is 0.496 e. The Bertz CT molecular complexity index is 783. The number of aliphatic imine (C=N–C) groups is 1. The summed E-state index contributed by atoms with van der Waals surface area (Å²) < 4.78 is 18.5. The third kappa shape index (κ3) is 2.74. The minimum Gasteiger partial charge on any atom is -0.496 e. The third-order valence-electron chi connectivity index (χ3n) is 3.23. The van der Waals surface area contributed by atoms with Crippen LogP contribution < -0.4 is 10.1 Å². The van der Waals surface area contributed by atoms with Crippen molar-refractivity contribution in [3.05, 3.63) is 71.2 Å². The molecule has 1 N–H and O–H groups in total. The number of amidine groups is 1. The number of ether oxygens (including phenoxy) is 1. The zero-order valence-corrected chi connectivity index (χ0v) is 11.8. The Labute approximate surface area is 127 Å². The quantitative estimate of drug-likeness (QED) is 0.885. The molecule has 1 amide bonds. The van der Waals surface area contributed by atoms with Crippen molar-refractivity contribution in [2.24, 2.45) is 4.99 Å². The first-order chi connectivity index (χ1) is 10.7. The van der Waals surface area contributed by atoms with E-state index in [0.29, 0.717) is 17.1 Å². The molecule has 1 aliphatic rings. The van der Waals surface area contributed by atoms with E-state index < -0.39 is 5.82 Å². The summed E-state index contributed by atoms with van der Waals surface area (Å²) in [7, 11) is 1.49. The van der Waals surface area contributed by atoms with E-state index in [1.807, 2.05) is 30.3 Å². The second kappa shape index (κ2) is 5.81. The van der Waals surface area contributed by atoms with Gasteiger partial charge in [0.1, 0.15) is 23.1 Å². The minimum atomic E-state index is -0.404. The molecule has 2 aromatic carbocycles. The molecular formula is C17H13FN2O2. The standard InChI is InChI=1S/C17H13FN2O2/c1-22-15-8-7-13(18)9-12(15)10-14-17(21)20-16(19-14)11-5-3-2-4-6-11/h2-10H,1H3,(H,19,20,21)/b14-10+. The summed E-state index contributed by atoms with van der Waals surface area (Å²) in [5.74, 6) is 0.223. The highest BCUT2D eigenvalue weighted by atomic mass is 19.1. The highest BCUT2D eigenvalue weighted by Crippen LogP contribution is 2.24. The van der Waals surface area contributed by atoms with E-state index in [1.54, 1.807) is 0 Å². The summed E-state index contributed by atoms with van der Waals surface area (Å²) in [4.78, 5) is 16.3. The fourth-order valence-corrected chi connectivity index (χ4v) is 2.17. The number of rotatable bonds is 3. The second-order valence-electron chi connectivity index (χ2n) is 4.70. The maximum Gasteiger partial charge on any atom is 0.275 e. The van der Waals surface area contributed by atoms with Crippen molar-refractivity contribution in [3.8, 4) is 5.75 Å². The van der Waals surface area contributed by atoms with E-state index >= 15 is 0 Å². The van der Waals surface area contributed by atoms with Crippen molar-refractivity contribution in [2.75, 3.05) is 7.11 Å². The highest BCUT2D eigenvalue weighted by Gasteiger charge is 2.21. The van der Waals surface area contributed by atoms with Crippen molar-refractivity contribution >= 4 is 17.8 Å². The van der Waals surface area contributed by atoms with Crippen LogP contribution in [0.25, 0.3) is 6.08 Å². The topological polar surface area (TPSA) is 50.7 Å². The summed E-state index contributed by atoms with van der Waals surface area (Å²) in [5.41, 5.74) is 1.49. The van der Waals surface area contributed by atoms with Gasteiger partial charge in [0.05, 0.1) is 7.11 Å². The van der Waals surface area contributed by atoms with Gasteiger partial charge < -0.3 is 10.1 Å². The molecule has 2 aromatic rings. The van der Waals surface area contributed by atoms with Crippen molar-refractivity contribution < 1.29 is 13.9 Å². The maximum absolute atomic E-state index is 13.4. The van der Waals surface area contributed by atoms with Crippen LogP contribution in [0.5, 0.6) is 5.75 Å². The van der Waals surface area contributed by atoms with Gasteiger partial charge in [-0.05, 0) is 24.3 Å². The lowest BCUT2D eigenvalue weighted by atomic mass is 10.1. The van der Waals surface area contributed by atoms with Crippen LogP contribution in [0.2, 0.25) is 0 Å². The predicted octanol–water partition coefficient (Wildman–Crippen LogP) is 2.75. The van der Waals surface area contributed by atoms with Gasteiger partial charge in [0.15, 0.2) is 0 Å². The molecule has 0 aliphatic carbocycles. The minimum absolute atomic E-state index is 0.211. The van der Waals surface area contributed by atoms with Crippen LogP contribution in [-0.2, 0) is 4.79 Å². The van der Waals surface area contributed by atoms with Gasteiger partial charge in [-0.2, -0.15) is 0 Å². The van der Waals surface area contributed by atoms with Crippen LogP contribution >= 0.6 is 0 Å².